The summed E-state index contributed by atoms with van der Waals surface area (Å²) in [7, 11) is 0. The number of aliphatic hydroxyl groups excluding tert-OH is 1. The fraction of sp³-hybridized carbons (Fsp3) is 0.667. The number of hydrogen-bond donors (Lipinski definition) is 1. The van der Waals surface area contributed by atoms with Gasteiger partial charge in [-0.2, -0.15) is 0 Å². The highest BCUT2D eigenvalue weighted by Crippen LogP contribution is 2.00. The van der Waals surface area contributed by atoms with E-state index in [1.54, 1.807) is 6.29 Å². The second-order valence-corrected chi connectivity index (χ2v) is 1.76. The van der Waals surface area contributed by atoms with E-state index in [1.807, 2.05) is 0 Å². The molecule has 1 N–H and O–H groups in total. The number of hydrogen-bond acceptors (Lipinski definition) is 3. The molecule has 3 nitrogen and oxygen atoms in total. The summed E-state index contributed by atoms with van der Waals surface area (Å²) in [6, 6.07) is 0. The van der Waals surface area contributed by atoms with Crippen LogP contribution < -0.4 is 0 Å². The molecule has 0 aliphatic heterocycles. The van der Waals surface area contributed by atoms with Crippen molar-refractivity contribution in [3.8, 4) is 0 Å². The summed E-state index contributed by atoms with van der Waals surface area (Å²) in [5.41, 5.74) is 0. The molecule has 0 bridgehead atoms. The third-order valence-corrected chi connectivity index (χ3v) is 1.04. The number of aldehydes is 1. The van der Waals surface area contributed by atoms with Crippen LogP contribution in [0.5, 0.6) is 0 Å². The van der Waals surface area contributed by atoms with E-state index in [4.69, 9.17) is 5.11 Å². The van der Waals surface area contributed by atoms with Crippen LogP contribution in [0.25, 0.3) is 0 Å². The summed E-state index contributed by atoms with van der Waals surface area (Å²) in [5, 5.41) is 8.31. The van der Waals surface area contributed by atoms with Gasteiger partial charge in [-0.3, -0.25) is 4.79 Å². The van der Waals surface area contributed by atoms with Crippen molar-refractivity contribution in [2.24, 2.45) is 5.92 Å². The maximum Gasteiger partial charge on any atom is 0.199 e. The Kier molecular flexibility index (Phi) is 5.01. The van der Waals surface area contributed by atoms with Crippen LogP contribution in [0.4, 0.5) is 0 Å². The molecule has 0 aliphatic rings. The zero-order chi connectivity index (χ0) is 7.11. The van der Waals surface area contributed by atoms with Crippen LogP contribution in [-0.2, 0) is 9.59 Å². The molecule has 9 heavy (non-hydrogen) atoms. The first-order valence-corrected chi connectivity index (χ1v) is 2.76. The molecular weight excluding hydrogens is 120 g/mol. The maximum absolute atomic E-state index is 9.99. The summed E-state index contributed by atoms with van der Waals surface area (Å²) in [5.74, 6) is -0.340. The lowest BCUT2D eigenvalue weighted by Gasteiger charge is -1.99. The largest absolute Gasteiger partial charge is 0.396 e. The fourth-order valence-corrected chi connectivity index (χ4v) is 0.491. The second kappa shape index (κ2) is 5.44. The van der Waals surface area contributed by atoms with Gasteiger partial charge in [-0.15, -0.1) is 0 Å². The molecule has 0 saturated carbocycles. The van der Waals surface area contributed by atoms with E-state index in [1.165, 1.54) is 0 Å². The van der Waals surface area contributed by atoms with Crippen molar-refractivity contribution in [1.82, 2.24) is 0 Å². The van der Waals surface area contributed by atoms with Crippen molar-refractivity contribution in [1.29, 1.82) is 0 Å². The second-order valence-electron chi connectivity index (χ2n) is 1.76. The van der Waals surface area contributed by atoms with Crippen molar-refractivity contribution in [3.63, 3.8) is 0 Å². The van der Waals surface area contributed by atoms with E-state index in [9.17, 15) is 9.59 Å². The molecular formula is C6H9O3. The quantitative estimate of drug-likeness (QED) is 0.518. The van der Waals surface area contributed by atoms with Gasteiger partial charge in [-0.1, -0.05) is 0 Å². The van der Waals surface area contributed by atoms with Crippen LogP contribution in [0.2, 0.25) is 0 Å². The standard InChI is InChI=1S/C6H9O3/c7-3-1-6(5-9)2-4-8/h5-7H,1-3H2/t6-/m0/s1. The van der Waals surface area contributed by atoms with Crippen LogP contribution in [0.15, 0.2) is 0 Å². The van der Waals surface area contributed by atoms with Gasteiger partial charge in [0.2, 0.25) is 0 Å². The van der Waals surface area contributed by atoms with Gasteiger partial charge in [0.15, 0.2) is 6.29 Å². The van der Waals surface area contributed by atoms with Crippen molar-refractivity contribution < 1.29 is 14.7 Å². The molecule has 0 spiro atoms. The van der Waals surface area contributed by atoms with Crippen molar-refractivity contribution in [3.05, 3.63) is 0 Å². The highest BCUT2D eigenvalue weighted by molar-refractivity contribution is 5.62. The average Bonchev–Trinajstić information content (AvgIpc) is 1.88. The third kappa shape index (κ3) is 3.85. The zero-order valence-corrected chi connectivity index (χ0v) is 5.04. The lowest BCUT2D eigenvalue weighted by atomic mass is 10.1. The van der Waals surface area contributed by atoms with E-state index < -0.39 is 0 Å². The zero-order valence-electron chi connectivity index (χ0n) is 5.04. The molecule has 1 radical (unpaired) electrons. The first kappa shape index (κ1) is 8.30. The van der Waals surface area contributed by atoms with E-state index in [2.05, 4.69) is 0 Å². The fourth-order valence-electron chi connectivity index (χ4n) is 0.491. The van der Waals surface area contributed by atoms with Gasteiger partial charge >= 0.3 is 0 Å². The van der Waals surface area contributed by atoms with E-state index in [0.717, 1.165) is 0 Å². The highest BCUT2D eigenvalue weighted by Gasteiger charge is 2.04. The Balaban J connectivity index is 3.40. The van der Waals surface area contributed by atoms with Gasteiger partial charge in [0.25, 0.3) is 0 Å². The molecule has 0 aliphatic carbocycles. The Morgan fingerprint density at radius 2 is 2.33 bits per heavy atom. The minimum absolute atomic E-state index is 0.0505. The monoisotopic (exact) mass is 129 g/mol. The lowest BCUT2D eigenvalue weighted by Crippen LogP contribution is -2.04. The Hall–Kier alpha value is -0.700. The summed E-state index contributed by atoms with van der Waals surface area (Å²) >= 11 is 0. The van der Waals surface area contributed by atoms with Crippen molar-refractivity contribution in [2.75, 3.05) is 6.61 Å². The number of carbonyl (C=O) groups is 1. The first-order valence-electron chi connectivity index (χ1n) is 2.76. The summed E-state index contributed by atoms with van der Waals surface area (Å²) in [4.78, 5) is 19.7. The van der Waals surface area contributed by atoms with E-state index >= 15 is 0 Å². The van der Waals surface area contributed by atoms with Gasteiger partial charge in [-0.05, 0) is 6.42 Å². The maximum atomic E-state index is 9.99. The molecule has 51 valence electrons. The van der Waals surface area contributed by atoms with Crippen molar-refractivity contribution >= 4 is 12.6 Å². The Morgan fingerprint density at radius 1 is 1.67 bits per heavy atom. The van der Waals surface area contributed by atoms with Gasteiger partial charge in [-0.25, -0.2) is 0 Å². The first-order chi connectivity index (χ1) is 4.35. The Labute approximate surface area is 53.7 Å². The molecule has 0 heterocycles. The minimum atomic E-state index is -0.340. The molecule has 0 unspecified atom stereocenters. The van der Waals surface area contributed by atoms with E-state index in [-0.39, 0.29) is 18.9 Å². The van der Waals surface area contributed by atoms with Crippen LogP contribution in [0.1, 0.15) is 12.8 Å². The molecule has 3 heteroatoms. The third-order valence-electron chi connectivity index (χ3n) is 1.04. The number of aliphatic hydroxyl groups is 1. The van der Waals surface area contributed by atoms with Gasteiger partial charge in [0.05, 0.1) is 0 Å². The Bertz CT molecular complexity index is 90.3. The molecule has 1 atom stereocenters. The topological polar surface area (TPSA) is 54.4 Å². The smallest absolute Gasteiger partial charge is 0.199 e. The van der Waals surface area contributed by atoms with Crippen LogP contribution in [-0.4, -0.2) is 24.3 Å². The molecule has 0 saturated heterocycles. The molecule has 0 aromatic rings. The number of rotatable bonds is 5. The predicted molar refractivity (Wildman–Crippen MR) is 31.6 cm³/mol. The average molecular weight is 129 g/mol. The summed E-state index contributed by atoms with van der Waals surface area (Å²) in [6.45, 7) is -0.0505. The number of carbonyl (C=O) groups excluding carboxylic acids is 2. The van der Waals surface area contributed by atoms with Crippen LogP contribution >= 0.6 is 0 Å². The van der Waals surface area contributed by atoms with Gasteiger partial charge in [0.1, 0.15) is 6.29 Å². The van der Waals surface area contributed by atoms with Gasteiger partial charge in [0, 0.05) is 18.9 Å². The molecule has 0 fully saturated rings. The SMILES string of the molecule is O=[C]C[C@@H](C=O)CCO. The van der Waals surface area contributed by atoms with Crippen molar-refractivity contribution in [2.45, 2.75) is 12.8 Å². The Morgan fingerprint density at radius 3 is 2.67 bits per heavy atom. The summed E-state index contributed by atoms with van der Waals surface area (Å²) in [6.07, 6.45) is 2.74. The molecule has 0 amide bonds. The summed E-state index contributed by atoms with van der Waals surface area (Å²) < 4.78 is 0. The predicted octanol–water partition coefficient (Wildman–Crippen LogP) is -0.316. The molecule has 0 rings (SSSR count). The minimum Gasteiger partial charge on any atom is -0.396 e. The highest BCUT2D eigenvalue weighted by atomic mass is 16.3. The molecule has 0 aromatic carbocycles. The lowest BCUT2D eigenvalue weighted by molar-refractivity contribution is -0.111. The van der Waals surface area contributed by atoms with Crippen LogP contribution in [0, 0.1) is 5.92 Å². The van der Waals surface area contributed by atoms with E-state index in [0.29, 0.717) is 12.7 Å². The normalized spacial score (nSPS) is 12.6. The van der Waals surface area contributed by atoms with Gasteiger partial charge < -0.3 is 9.90 Å². The molecule has 0 aromatic heterocycles. The van der Waals surface area contributed by atoms with Crippen LogP contribution in [0.3, 0.4) is 0 Å².